The van der Waals surface area contributed by atoms with Crippen LogP contribution in [-0.2, 0) is 4.79 Å². The summed E-state index contributed by atoms with van der Waals surface area (Å²) < 4.78 is 0. The number of hydrogen-bond acceptors (Lipinski definition) is 2. The second-order valence-corrected chi connectivity index (χ2v) is 7.27. The highest BCUT2D eigenvalue weighted by molar-refractivity contribution is 5.79. The number of carbonyl (C=O) groups is 1. The highest BCUT2D eigenvalue weighted by Gasteiger charge is 2.35. The fourth-order valence-corrected chi connectivity index (χ4v) is 3.72. The molecule has 3 N–H and O–H groups in total. The molecule has 0 heterocycles. The standard InChI is InChI=1S/C15H28N2O/c1-10-9-15(2,3)7-6-13(10)17-14(18)11-4-5-12(16)8-11/h10-13H,4-9,16H2,1-3H3,(H,17,18). The SMILES string of the molecule is CC1CC(C)(C)CCC1NC(=O)C1CCC(N)C1. The lowest BCUT2D eigenvalue weighted by atomic mass is 9.70. The van der Waals surface area contributed by atoms with Gasteiger partial charge in [-0.25, -0.2) is 0 Å². The van der Waals surface area contributed by atoms with Gasteiger partial charge in [-0.1, -0.05) is 20.8 Å². The smallest absolute Gasteiger partial charge is 0.223 e. The molecule has 2 saturated carbocycles. The first-order chi connectivity index (χ1) is 8.37. The summed E-state index contributed by atoms with van der Waals surface area (Å²) in [6.45, 7) is 6.93. The molecular formula is C15H28N2O. The van der Waals surface area contributed by atoms with E-state index in [1.807, 2.05) is 0 Å². The summed E-state index contributed by atoms with van der Waals surface area (Å²) in [5.74, 6) is 1.01. The molecule has 1 amide bonds. The number of nitrogens with two attached hydrogens (primary N) is 1. The summed E-state index contributed by atoms with van der Waals surface area (Å²) in [4.78, 5) is 12.2. The summed E-state index contributed by atoms with van der Waals surface area (Å²) in [6.07, 6.45) is 6.40. The molecule has 18 heavy (non-hydrogen) atoms. The molecule has 104 valence electrons. The Morgan fingerprint density at radius 2 is 2.00 bits per heavy atom. The molecular weight excluding hydrogens is 224 g/mol. The molecule has 0 aliphatic heterocycles. The Morgan fingerprint density at radius 3 is 2.56 bits per heavy atom. The summed E-state index contributed by atoms with van der Waals surface area (Å²) in [7, 11) is 0. The van der Waals surface area contributed by atoms with E-state index in [0.29, 0.717) is 17.4 Å². The third-order valence-electron chi connectivity index (χ3n) is 4.87. The van der Waals surface area contributed by atoms with Gasteiger partial charge in [0.2, 0.25) is 5.91 Å². The molecule has 2 rings (SSSR count). The van der Waals surface area contributed by atoms with Crippen LogP contribution in [0.4, 0.5) is 0 Å². The molecule has 4 unspecified atom stereocenters. The molecule has 2 fully saturated rings. The van der Waals surface area contributed by atoms with Gasteiger partial charge in [-0.2, -0.15) is 0 Å². The van der Waals surface area contributed by atoms with E-state index in [1.165, 1.54) is 12.8 Å². The zero-order valence-corrected chi connectivity index (χ0v) is 12.0. The summed E-state index contributed by atoms with van der Waals surface area (Å²) in [6, 6.07) is 0.616. The zero-order valence-electron chi connectivity index (χ0n) is 12.0. The largest absolute Gasteiger partial charge is 0.353 e. The van der Waals surface area contributed by atoms with Crippen molar-refractivity contribution in [2.45, 2.75) is 71.4 Å². The summed E-state index contributed by atoms with van der Waals surface area (Å²) in [5, 5.41) is 3.27. The van der Waals surface area contributed by atoms with Crippen LogP contribution in [0.2, 0.25) is 0 Å². The van der Waals surface area contributed by atoms with Crippen LogP contribution in [0.1, 0.15) is 59.3 Å². The topological polar surface area (TPSA) is 55.1 Å². The molecule has 0 aromatic rings. The average Bonchev–Trinajstić information content (AvgIpc) is 2.68. The van der Waals surface area contributed by atoms with E-state index in [2.05, 4.69) is 26.1 Å². The maximum absolute atomic E-state index is 12.2. The lowest BCUT2D eigenvalue weighted by Gasteiger charge is -2.39. The van der Waals surface area contributed by atoms with Crippen molar-refractivity contribution in [1.82, 2.24) is 5.32 Å². The highest BCUT2D eigenvalue weighted by atomic mass is 16.1. The maximum Gasteiger partial charge on any atom is 0.223 e. The average molecular weight is 252 g/mol. The molecule has 2 aliphatic carbocycles. The van der Waals surface area contributed by atoms with Crippen LogP contribution >= 0.6 is 0 Å². The second-order valence-electron chi connectivity index (χ2n) is 7.27. The Morgan fingerprint density at radius 1 is 1.28 bits per heavy atom. The van der Waals surface area contributed by atoms with E-state index < -0.39 is 0 Å². The lowest BCUT2D eigenvalue weighted by molar-refractivity contribution is -0.126. The molecule has 0 saturated heterocycles. The number of amides is 1. The van der Waals surface area contributed by atoms with Crippen LogP contribution in [0.5, 0.6) is 0 Å². The van der Waals surface area contributed by atoms with E-state index in [-0.39, 0.29) is 17.9 Å². The normalized spacial score (nSPS) is 39.6. The molecule has 3 heteroatoms. The number of carbonyl (C=O) groups excluding carboxylic acids is 1. The third kappa shape index (κ3) is 3.25. The lowest BCUT2D eigenvalue weighted by Crippen LogP contribution is -2.46. The van der Waals surface area contributed by atoms with Crippen molar-refractivity contribution in [3.63, 3.8) is 0 Å². The number of nitrogens with one attached hydrogen (secondary N) is 1. The monoisotopic (exact) mass is 252 g/mol. The van der Waals surface area contributed by atoms with Crippen LogP contribution in [-0.4, -0.2) is 18.0 Å². The van der Waals surface area contributed by atoms with E-state index in [0.717, 1.165) is 25.7 Å². The Hall–Kier alpha value is -0.570. The Bertz CT molecular complexity index is 314. The van der Waals surface area contributed by atoms with Crippen LogP contribution in [0.25, 0.3) is 0 Å². The Balaban J connectivity index is 1.84. The van der Waals surface area contributed by atoms with Gasteiger partial charge in [0, 0.05) is 18.0 Å². The molecule has 4 atom stereocenters. The van der Waals surface area contributed by atoms with E-state index in [9.17, 15) is 4.79 Å². The molecule has 0 radical (unpaired) electrons. The van der Waals surface area contributed by atoms with E-state index in [1.54, 1.807) is 0 Å². The van der Waals surface area contributed by atoms with Crippen LogP contribution < -0.4 is 11.1 Å². The van der Waals surface area contributed by atoms with Gasteiger partial charge < -0.3 is 11.1 Å². The minimum atomic E-state index is 0.169. The first-order valence-electron chi connectivity index (χ1n) is 7.43. The van der Waals surface area contributed by atoms with Gasteiger partial charge in [-0.15, -0.1) is 0 Å². The van der Waals surface area contributed by atoms with Crippen molar-refractivity contribution >= 4 is 5.91 Å². The van der Waals surface area contributed by atoms with Gasteiger partial charge in [-0.3, -0.25) is 4.79 Å². The molecule has 0 spiro atoms. The van der Waals surface area contributed by atoms with E-state index >= 15 is 0 Å². The molecule has 0 aromatic carbocycles. The van der Waals surface area contributed by atoms with Crippen LogP contribution in [0, 0.1) is 17.3 Å². The van der Waals surface area contributed by atoms with Crippen molar-refractivity contribution in [2.75, 3.05) is 0 Å². The predicted octanol–water partition coefficient (Wildman–Crippen LogP) is 2.44. The summed E-state index contributed by atoms with van der Waals surface area (Å²) >= 11 is 0. The maximum atomic E-state index is 12.2. The second kappa shape index (κ2) is 5.20. The fourth-order valence-electron chi connectivity index (χ4n) is 3.72. The van der Waals surface area contributed by atoms with Crippen LogP contribution in [0.3, 0.4) is 0 Å². The Labute approximate surface area is 111 Å². The van der Waals surface area contributed by atoms with Crippen molar-refractivity contribution in [3.8, 4) is 0 Å². The Kier molecular flexibility index (Phi) is 4.00. The van der Waals surface area contributed by atoms with Crippen LogP contribution in [0.15, 0.2) is 0 Å². The van der Waals surface area contributed by atoms with Gasteiger partial charge in [0.05, 0.1) is 0 Å². The third-order valence-corrected chi connectivity index (χ3v) is 4.87. The quantitative estimate of drug-likeness (QED) is 0.793. The fraction of sp³-hybridized carbons (Fsp3) is 0.933. The van der Waals surface area contributed by atoms with Gasteiger partial charge in [-0.05, 0) is 49.9 Å². The number of hydrogen-bond donors (Lipinski definition) is 2. The first-order valence-corrected chi connectivity index (χ1v) is 7.43. The van der Waals surface area contributed by atoms with Gasteiger partial charge in [0.1, 0.15) is 0 Å². The van der Waals surface area contributed by atoms with Crippen molar-refractivity contribution in [3.05, 3.63) is 0 Å². The molecule has 0 bridgehead atoms. The molecule has 0 aromatic heterocycles. The van der Waals surface area contributed by atoms with Crippen molar-refractivity contribution < 1.29 is 4.79 Å². The van der Waals surface area contributed by atoms with E-state index in [4.69, 9.17) is 5.73 Å². The minimum Gasteiger partial charge on any atom is -0.353 e. The summed E-state index contributed by atoms with van der Waals surface area (Å²) in [5.41, 5.74) is 6.32. The highest BCUT2D eigenvalue weighted by Crippen LogP contribution is 2.38. The van der Waals surface area contributed by atoms with Gasteiger partial charge in [0.15, 0.2) is 0 Å². The first kappa shape index (κ1) is 13.9. The number of rotatable bonds is 2. The molecule has 2 aliphatic rings. The predicted molar refractivity (Wildman–Crippen MR) is 74.0 cm³/mol. The van der Waals surface area contributed by atoms with Crippen molar-refractivity contribution in [1.29, 1.82) is 0 Å². The zero-order chi connectivity index (χ0) is 13.3. The molecule has 3 nitrogen and oxygen atoms in total. The van der Waals surface area contributed by atoms with Crippen molar-refractivity contribution in [2.24, 2.45) is 23.0 Å². The minimum absolute atomic E-state index is 0.169. The van der Waals surface area contributed by atoms with Gasteiger partial charge in [0.25, 0.3) is 0 Å². The van der Waals surface area contributed by atoms with Gasteiger partial charge >= 0.3 is 0 Å².